The average molecular weight is 275 g/mol. The standard InChI is InChI=1S/C15H21N3O2/c16-14(18-20)6-1-2-9-17-15(19)13-8-7-11-4-3-5-12(11)10-13/h7-8,10,20H,1-6,9H2,(H2,16,18)(H,17,19). The van der Waals surface area contributed by atoms with Crippen molar-refractivity contribution < 1.29 is 10.0 Å². The van der Waals surface area contributed by atoms with Crippen molar-refractivity contribution in [2.75, 3.05) is 6.54 Å². The molecule has 1 amide bonds. The summed E-state index contributed by atoms with van der Waals surface area (Å²) in [6.45, 7) is 0.606. The maximum atomic E-state index is 12.0. The van der Waals surface area contributed by atoms with Gasteiger partial charge >= 0.3 is 0 Å². The van der Waals surface area contributed by atoms with Crippen molar-refractivity contribution in [3.8, 4) is 0 Å². The van der Waals surface area contributed by atoms with Crippen LogP contribution in [0.3, 0.4) is 0 Å². The van der Waals surface area contributed by atoms with Crippen molar-refractivity contribution in [2.24, 2.45) is 10.9 Å². The number of nitrogens with one attached hydrogen (secondary N) is 1. The Bertz CT molecular complexity index is 512. The molecule has 0 unspecified atom stereocenters. The maximum Gasteiger partial charge on any atom is 0.251 e. The summed E-state index contributed by atoms with van der Waals surface area (Å²) in [5.74, 6) is 0.207. The predicted octanol–water partition coefficient (Wildman–Crippen LogP) is 1.82. The molecule has 0 spiro atoms. The second-order valence-corrected chi connectivity index (χ2v) is 5.14. The average Bonchev–Trinajstić information content (AvgIpc) is 2.93. The first-order valence-corrected chi connectivity index (χ1v) is 7.07. The van der Waals surface area contributed by atoms with Crippen LogP contribution in [-0.4, -0.2) is 23.5 Å². The molecule has 0 saturated heterocycles. The molecule has 0 aromatic heterocycles. The number of fused-ring (bicyclic) bond motifs is 1. The molecule has 4 N–H and O–H groups in total. The van der Waals surface area contributed by atoms with Gasteiger partial charge in [-0.2, -0.15) is 0 Å². The number of nitrogens with zero attached hydrogens (tertiary/aromatic N) is 1. The number of amides is 1. The van der Waals surface area contributed by atoms with Crippen molar-refractivity contribution in [2.45, 2.75) is 38.5 Å². The third kappa shape index (κ3) is 3.73. The highest BCUT2D eigenvalue weighted by Gasteiger charge is 2.13. The van der Waals surface area contributed by atoms with Gasteiger partial charge in [0.05, 0.1) is 0 Å². The van der Waals surface area contributed by atoms with Gasteiger partial charge in [-0.25, -0.2) is 0 Å². The van der Waals surface area contributed by atoms with Crippen molar-refractivity contribution >= 4 is 11.7 Å². The molecule has 0 aliphatic heterocycles. The van der Waals surface area contributed by atoms with E-state index in [-0.39, 0.29) is 11.7 Å². The molecule has 108 valence electrons. The monoisotopic (exact) mass is 275 g/mol. The van der Waals surface area contributed by atoms with Gasteiger partial charge in [-0.3, -0.25) is 4.79 Å². The summed E-state index contributed by atoms with van der Waals surface area (Å²) in [4.78, 5) is 12.0. The smallest absolute Gasteiger partial charge is 0.251 e. The van der Waals surface area contributed by atoms with E-state index in [9.17, 15) is 4.79 Å². The van der Waals surface area contributed by atoms with Gasteiger partial charge in [-0.15, -0.1) is 0 Å². The second-order valence-electron chi connectivity index (χ2n) is 5.14. The minimum atomic E-state index is -0.0245. The van der Waals surface area contributed by atoms with Gasteiger partial charge in [-0.05, 0) is 55.4 Å². The highest BCUT2D eigenvalue weighted by molar-refractivity contribution is 5.94. The molecule has 1 aromatic carbocycles. The predicted molar refractivity (Wildman–Crippen MR) is 78.1 cm³/mol. The molecule has 20 heavy (non-hydrogen) atoms. The van der Waals surface area contributed by atoms with Crippen LogP contribution >= 0.6 is 0 Å². The van der Waals surface area contributed by atoms with E-state index in [4.69, 9.17) is 10.9 Å². The van der Waals surface area contributed by atoms with Crippen LogP contribution < -0.4 is 11.1 Å². The van der Waals surface area contributed by atoms with Crippen molar-refractivity contribution in [1.29, 1.82) is 0 Å². The van der Waals surface area contributed by atoms with Crippen LogP contribution in [0, 0.1) is 0 Å². The van der Waals surface area contributed by atoms with Crippen molar-refractivity contribution in [3.63, 3.8) is 0 Å². The molecule has 0 fully saturated rings. The lowest BCUT2D eigenvalue weighted by atomic mass is 10.1. The molecule has 5 heteroatoms. The van der Waals surface area contributed by atoms with Crippen LogP contribution in [0.2, 0.25) is 0 Å². The Morgan fingerprint density at radius 3 is 2.90 bits per heavy atom. The van der Waals surface area contributed by atoms with Gasteiger partial charge in [-0.1, -0.05) is 11.2 Å². The zero-order valence-electron chi connectivity index (χ0n) is 11.6. The number of carbonyl (C=O) groups excluding carboxylic acids is 1. The van der Waals surface area contributed by atoms with Gasteiger partial charge in [0.25, 0.3) is 5.91 Å². The Hall–Kier alpha value is -2.04. The van der Waals surface area contributed by atoms with Crippen LogP contribution in [0.1, 0.15) is 47.2 Å². The molecule has 0 atom stereocenters. The molecular weight excluding hydrogens is 254 g/mol. The number of unbranched alkanes of at least 4 members (excludes halogenated alkanes) is 1. The molecule has 5 nitrogen and oxygen atoms in total. The van der Waals surface area contributed by atoms with Gasteiger partial charge in [0.2, 0.25) is 0 Å². The fourth-order valence-corrected chi connectivity index (χ4v) is 2.50. The first kappa shape index (κ1) is 14.4. The molecule has 1 aliphatic rings. The minimum absolute atomic E-state index is 0.0245. The van der Waals surface area contributed by atoms with E-state index in [1.807, 2.05) is 12.1 Å². The third-order valence-electron chi connectivity index (χ3n) is 3.63. The lowest BCUT2D eigenvalue weighted by Gasteiger charge is -2.07. The largest absolute Gasteiger partial charge is 0.409 e. The zero-order chi connectivity index (χ0) is 14.4. The van der Waals surface area contributed by atoms with Gasteiger partial charge in [0.1, 0.15) is 5.84 Å². The lowest BCUT2D eigenvalue weighted by molar-refractivity contribution is 0.0953. The molecule has 2 rings (SSSR count). The summed E-state index contributed by atoms with van der Waals surface area (Å²) in [7, 11) is 0. The number of aryl methyl sites for hydroxylation is 2. The first-order chi connectivity index (χ1) is 9.70. The van der Waals surface area contributed by atoms with E-state index < -0.39 is 0 Å². The Morgan fingerprint density at radius 1 is 1.30 bits per heavy atom. The molecule has 1 aromatic rings. The summed E-state index contributed by atoms with van der Waals surface area (Å²) in [6.07, 6.45) is 5.55. The van der Waals surface area contributed by atoms with Crippen molar-refractivity contribution in [1.82, 2.24) is 5.32 Å². The summed E-state index contributed by atoms with van der Waals surface area (Å²) in [5, 5.41) is 14.2. The Labute approximate surface area is 118 Å². The second kappa shape index (κ2) is 6.93. The van der Waals surface area contributed by atoms with E-state index in [0.717, 1.165) is 31.2 Å². The SMILES string of the molecule is NC(CCCCNC(=O)c1ccc2c(c1)CCC2)=NO. The normalized spacial score (nSPS) is 14.1. The van der Waals surface area contributed by atoms with Crippen LogP contribution in [0.25, 0.3) is 0 Å². The topological polar surface area (TPSA) is 87.7 Å². The summed E-state index contributed by atoms with van der Waals surface area (Å²) in [6, 6.07) is 5.97. The molecule has 0 heterocycles. The lowest BCUT2D eigenvalue weighted by Crippen LogP contribution is -2.24. The van der Waals surface area contributed by atoms with E-state index in [1.54, 1.807) is 0 Å². The fraction of sp³-hybridized carbons (Fsp3) is 0.467. The van der Waals surface area contributed by atoms with Gasteiger partial charge < -0.3 is 16.3 Å². The fourth-order valence-electron chi connectivity index (χ4n) is 2.50. The van der Waals surface area contributed by atoms with E-state index in [1.165, 1.54) is 17.5 Å². The van der Waals surface area contributed by atoms with E-state index in [2.05, 4.69) is 16.5 Å². The number of hydrogen-bond donors (Lipinski definition) is 3. The number of benzene rings is 1. The highest BCUT2D eigenvalue weighted by Crippen LogP contribution is 2.22. The number of carbonyl (C=O) groups is 1. The Morgan fingerprint density at radius 2 is 2.10 bits per heavy atom. The van der Waals surface area contributed by atoms with Crippen LogP contribution in [0.4, 0.5) is 0 Å². The van der Waals surface area contributed by atoms with E-state index >= 15 is 0 Å². The molecular formula is C15H21N3O2. The minimum Gasteiger partial charge on any atom is -0.409 e. The Kier molecular flexibility index (Phi) is 4.98. The molecule has 0 radical (unpaired) electrons. The van der Waals surface area contributed by atoms with Gasteiger partial charge in [0, 0.05) is 18.5 Å². The molecule has 1 aliphatic carbocycles. The molecule has 0 saturated carbocycles. The number of nitrogens with two attached hydrogens (primary N) is 1. The third-order valence-corrected chi connectivity index (χ3v) is 3.63. The number of rotatable bonds is 6. The van der Waals surface area contributed by atoms with Gasteiger partial charge in [0.15, 0.2) is 0 Å². The summed E-state index contributed by atoms with van der Waals surface area (Å²) in [5.41, 5.74) is 8.79. The Balaban J connectivity index is 1.75. The van der Waals surface area contributed by atoms with Crippen LogP contribution in [0.5, 0.6) is 0 Å². The van der Waals surface area contributed by atoms with Crippen molar-refractivity contribution in [3.05, 3.63) is 34.9 Å². The highest BCUT2D eigenvalue weighted by atomic mass is 16.4. The quantitative estimate of drug-likeness (QED) is 0.243. The first-order valence-electron chi connectivity index (χ1n) is 7.07. The van der Waals surface area contributed by atoms with E-state index in [0.29, 0.717) is 13.0 Å². The number of hydrogen-bond acceptors (Lipinski definition) is 3. The van der Waals surface area contributed by atoms with Crippen LogP contribution in [-0.2, 0) is 12.8 Å². The summed E-state index contributed by atoms with van der Waals surface area (Å²) < 4.78 is 0. The number of amidine groups is 1. The summed E-state index contributed by atoms with van der Waals surface area (Å²) >= 11 is 0. The number of oxime groups is 1. The zero-order valence-corrected chi connectivity index (χ0v) is 11.6. The maximum absolute atomic E-state index is 12.0. The van der Waals surface area contributed by atoms with Crippen LogP contribution in [0.15, 0.2) is 23.4 Å². The molecule has 0 bridgehead atoms.